The molecule has 0 aromatic carbocycles. The molecule has 1 aliphatic rings. The second-order valence-corrected chi connectivity index (χ2v) is 6.52. The molecule has 1 heterocycles. The molecule has 0 aromatic rings. The zero-order valence-corrected chi connectivity index (χ0v) is 13.9. The third-order valence-corrected chi connectivity index (χ3v) is 3.44. The predicted molar refractivity (Wildman–Crippen MR) is 86.4 cm³/mol. The van der Waals surface area contributed by atoms with E-state index >= 15 is 0 Å². The van der Waals surface area contributed by atoms with Crippen LogP contribution in [0.3, 0.4) is 0 Å². The van der Waals surface area contributed by atoms with E-state index in [1.807, 2.05) is 41.5 Å². The van der Waals surface area contributed by atoms with Crippen molar-refractivity contribution in [2.75, 3.05) is 20.0 Å². The lowest BCUT2D eigenvalue weighted by atomic mass is 10.1. The van der Waals surface area contributed by atoms with Gasteiger partial charge >= 0.3 is 0 Å². The van der Waals surface area contributed by atoms with Crippen LogP contribution in [0.1, 0.15) is 49.0 Å². The Morgan fingerprint density at radius 2 is 0.773 bits per heavy atom. The van der Waals surface area contributed by atoms with Crippen molar-refractivity contribution in [3.8, 4) is 0 Å². The molecule has 0 spiro atoms. The van der Waals surface area contributed by atoms with Crippen LogP contribution >= 0.6 is 0 Å². The first kappa shape index (κ1) is 20.4. The Kier molecular flexibility index (Phi) is 7.56. The van der Waals surface area contributed by atoms with Gasteiger partial charge < -0.3 is 14.7 Å². The number of rotatable bonds is 3. The van der Waals surface area contributed by atoms with Gasteiger partial charge in [-0.25, -0.2) is 0 Å². The van der Waals surface area contributed by atoms with Crippen LogP contribution in [-0.4, -0.2) is 52.4 Å². The molecule has 0 bridgehead atoms. The maximum atomic E-state index is 12.2. The molecule has 6 heteroatoms. The van der Waals surface area contributed by atoms with Crippen LogP contribution in [0.2, 0.25) is 0 Å². The Morgan fingerprint density at radius 1 is 0.591 bits per heavy atom. The molecule has 22 heavy (non-hydrogen) atoms. The Labute approximate surface area is 134 Å². The second kappa shape index (κ2) is 8.15. The summed E-state index contributed by atoms with van der Waals surface area (Å²) in [5.41, 5.74) is 0. The van der Waals surface area contributed by atoms with Crippen molar-refractivity contribution < 1.29 is 14.4 Å². The van der Waals surface area contributed by atoms with E-state index in [0.717, 1.165) is 0 Å². The number of nitrogens with zero attached hydrogens (tertiary/aromatic N) is 3. The highest BCUT2D eigenvalue weighted by Crippen LogP contribution is 2.16. The van der Waals surface area contributed by atoms with E-state index < -0.39 is 0 Å². The lowest BCUT2D eigenvalue weighted by Gasteiger charge is -2.43. The van der Waals surface area contributed by atoms with Crippen LogP contribution in [0.4, 0.5) is 0 Å². The average Bonchev–Trinajstić information content (AvgIpc) is 2.43. The maximum Gasteiger partial charge on any atom is 0.227 e. The monoisotopic (exact) mass is 313 g/mol. The maximum absolute atomic E-state index is 12.2. The van der Waals surface area contributed by atoms with Gasteiger partial charge in [0.1, 0.15) is 0 Å². The highest BCUT2D eigenvalue weighted by molar-refractivity contribution is 5.83. The van der Waals surface area contributed by atoms with Gasteiger partial charge in [-0.2, -0.15) is 0 Å². The van der Waals surface area contributed by atoms with E-state index in [9.17, 15) is 14.4 Å². The zero-order valence-electron chi connectivity index (χ0n) is 13.9. The molecule has 0 N–H and O–H groups in total. The lowest BCUT2D eigenvalue weighted by molar-refractivity contribution is -0.162. The largest absolute Gasteiger partial charge is 0.307 e. The molecule has 1 saturated heterocycles. The molecule has 1 fully saturated rings. The minimum Gasteiger partial charge on any atom is -0.307 e. The number of carbonyl (C=O) groups is 3. The summed E-state index contributed by atoms with van der Waals surface area (Å²) in [7, 11) is 0. The van der Waals surface area contributed by atoms with Gasteiger partial charge in [0, 0.05) is 17.8 Å². The number of carbonyl (C=O) groups excluding carboxylic acids is 3. The average molecular weight is 313 g/mol. The van der Waals surface area contributed by atoms with Crippen molar-refractivity contribution in [1.82, 2.24) is 14.7 Å². The van der Waals surface area contributed by atoms with Gasteiger partial charge in [0.15, 0.2) is 0 Å². The molecule has 128 valence electrons. The zero-order chi connectivity index (χ0) is 16.3. The Balaban J connectivity index is 0.00000441. The second-order valence-electron chi connectivity index (χ2n) is 6.52. The molecule has 0 radical (unpaired) electrons. The van der Waals surface area contributed by atoms with Gasteiger partial charge in [-0.1, -0.05) is 49.0 Å². The summed E-state index contributed by atoms with van der Waals surface area (Å²) in [6.07, 6.45) is 0. The van der Waals surface area contributed by atoms with Crippen LogP contribution in [0.15, 0.2) is 0 Å². The van der Waals surface area contributed by atoms with E-state index in [4.69, 9.17) is 0 Å². The van der Waals surface area contributed by atoms with Crippen molar-refractivity contribution in [3.05, 3.63) is 0 Å². The van der Waals surface area contributed by atoms with E-state index in [2.05, 4.69) is 0 Å². The number of amides is 3. The standard InChI is InChI=1S/C15H27N3O3.CH4/c1-10(2)13(19)16-7-17(14(20)11(3)4)9-18(8-16)15(21)12(5)6;/h10-12H,7-9H2,1-6H3;1H4. The third kappa shape index (κ3) is 4.71. The molecule has 1 aliphatic heterocycles. The number of hydrogen-bond donors (Lipinski definition) is 0. The molecule has 0 atom stereocenters. The SMILES string of the molecule is C.CC(C)C(=O)N1CN(C(=O)C(C)C)CN(C(=O)C(C)C)C1. The molecule has 6 nitrogen and oxygen atoms in total. The highest BCUT2D eigenvalue weighted by atomic mass is 16.2. The molecule has 0 unspecified atom stereocenters. The predicted octanol–water partition coefficient (Wildman–Crippen LogP) is 1.96. The molecule has 0 aliphatic carbocycles. The molecular weight excluding hydrogens is 282 g/mol. The summed E-state index contributed by atoms with van der Waals surface area (Å²) in [5, 5.41) is 0. The minimum atomic E-state index is -0.157. The van der Waals surface area contributed by atoms with Gasteiger partial charge in [-0.05, 0) is 0 Å². The topological polar surface area (TPSA) is 60.9 Å². The van der Waals surface area contributed by atoms with Crippen LogP contribution in [0.25, 0.3) is 0 Å². The van der Waals surface area contributed by atoms with Gasteiger partial charge in [-0.15, -0.1) is 0 Å². The van der Waals surface area contributed by atoms with Crippen LogP contribution in [0, 0.1) is 17.8 Å². The van der Waals surface area contributed by atoms with Gasteiger partial charge in [0.05, 0.1) is 20.0 Å². The first-order chi connectivity index (χ1) is 9.65. The Hall–Kier alpha value is -1.59. The number of hydrogen-bond acceptors (Lipinski definition) is 3. The summed E-state index contributed by atoms with van der Waals surface area (Å²) in [6, 6.07) is 0. The summed E-state index contributed by atoms with van der Waals surface area (Å²) < 4.78 is 0. The van der Waals surface area contributed by atoms with E-state index in [-0.39, 0.29) is 62.9 Å². The van der Waals surface area contributed by atoms with Crippen LogP contribution < -0.4 is 0 Å². The third-order valence-electron chi connectivity index (χ3n) is 3.44. The highest BCUT2D eigenvalue weighted by Gasteiger charge is 2.33. The fourth-order valence-electron chi connectivity index (χ4n) is 2.27. The van der Waals surface area contributed by atoms with Crippen LogP contribution in [-0.2, 0) is 14.4 Å². The summed E-state index contributed by atoms with van der Waals surface area (Å²) in [6.45, 7) is 11.7. The summed E-state index contributed by atoms with van der Waals surface area (Å²) in [4.78, 5) is 41.4. The Morgan fingerprint density at radius 3 is 0.909 bits per heavy atom. The normalized spacial score (nSPS) is 15.4. The first-order valence-corrected chi connectivity index (χ1v) is 7.51. The van der Waals surface area contributed by atoms with Gasteiger partial charge in [0.2, 0.25) is 17.7 Å². The van der Waals surface area contributed by atoms with Gasteiger partial charge in [-0.3, -0.25) is 14.4 Å². The molecule has 3 amide bonds. The van der Waals surface area contributed by atoms with E-state index in [0.29, 0.717) is 0 Å². The minimum absolute atomic E-state index is 0. The van der Waals surface area contributed by atoms with E-state index in [1.54, 1.807) is 14.7 Å². The molecule has 0 aromatic heterocycles. The van der Waals surface area contributed by atoms with Crippen molar-refractivity contribution >= 4 is 17.7 Å². The van der Waals surface area contributed by atoms with Crippen molar-refractivity contribution in [2.45, 2.75) is 49.0 Å². The summed E-state index contributed by atoms with van der Waals surface area (Å²) in [5.74, 6) is -0.603. The first-order valence-electron chi connectivity index (χ1n) is 7.51. The molecule has 1 rings (SSSR count). The molecular formula is C16H31N3O3. The van der Waals surface area contributed by atoms with E-state index in [1.165, 1.54) is 0 Å². The lowest BCUT2D eigenvalue weighted by Crippen LogP contribution is -2.61. The smallest absolute Gasteiger partial charge is 0.227 e. The van der Waals surface area contributed by atoms with Gasteiger partial charge in [0.25, 0.3) is 0 Å². The fraction of sp³-hybridized carbons (Fsp3) is 0.812. The van der Waals surface area contributed by atoms with Crippen molar-refractivity contribution in [3.63, 3.8) is 0 Å². The summed E-state index contributed by atoms with van der Waals surface area (Å²) >= 11 is 0. The van der Waals surface area contributed by atoms with Crippen molar-refractivity contribution in [1.29, 1.82) is 0 Å². The quantitative estimate of drug-likeness (QED) is 0.800. The fourth-order valence-corrected chi connectivity index (χ4v) is 2.27. The van der Waals surface area contributed by atoms with Crippen LogP contribution in [0.5, 0.6) is 0 Å². The Bertz CT molecular complexity index is 351. The van der Waals surface area contributed by atoms with Crippen molar-refractivity contribution in [2.24, 2.45) is 17.8 Å². The molecule has 0 saturated carbocycles.